The molecule has 0 atom stereocenters. The number of thioether (sulfide) groups is 1. The number of benzene rings is 2. The summed E-state index contributed by atoms with van der Waals surface area (Å²) in [6.45, 7) is 8.39. The molecule has 0 spiro atoms. The molecular formula is C28H30N6O2S. The Hall–Kier alpha value is -3.98. The van der Waals surface area contributed by atoms with E-state index in [1.54, 1.807) is 19.5 Å². The number of hydrogen-bond donors (Lipinski definition) is 1. The van der Waals surface area contributed by atoms with E-state index in [-0.39, 0.29) is 17.1 Å². The summed E-state index contributed by atoms with van der Waals surface area (Å²) < 4.78 is 7.27. The Labute approximate surface area is 221 Å². The first-order valence-electron chi connectivity index (χ1n) is 11.8. The van der Waals surface area contributed by atoms with Gasteiger partial charge in [0, 0.05) is 29.2 Å². The summed E-state index contributed by atoms with van der Waals surface area (Å²) in [6.07, 6.45) is 3.37. The Bertz CT molecular complexity index is 1380. The molecule has 0 aliphatic carbocycles. The van der Waals surface area contributed by atoms with Gasteiger partial charge in [0.1, 0.15) is 5.75 Å². The smallest absolute Gasteiger partial charge is 0.250 e. The predicted octanol–water partition coefficient (Wildman–Crippen LogP) is 5.27. The van der Waals surface area contributed by atoms with E-state index in [1.165, 1.54) is 17.3 Å². The molecule has 37 heavy (non-hydrogen) atoms. The van der Waals surface area contributed by atoms with Gasteiger partial charge in [0.2, 0.25) is 0 Å². The van der Waals surface area contributed by atoms with Gasteiger partial charge < -0.3 is 4.74 Å². The molecule has 0 aliphatic rings. The highest BCUT2D eigenvalue weighted by atomic mass is 32.2. The van der Waals surface area contributed by atoms with E-state index in [9.17, 15) is 4.79 Å². The largest absolute Gasteiger partial charge is 0.497 e. The van der Waals surface area contributed by atoms with Crippen molar-refractivity contribution in [1.82, 2.24) is 25.2 Å². The zero-order valence-electron chi connectivity index (χ0n) is 21.6. The third-order valence-corrected chi connectivity index (χ3v) is 6.68. The number of pyridine rings is 1. The Kier molecular flexibility index (Phi) is 8.03. The normalized spacial score (nSPS) is 11.9. The molecule has 2 heterocycles. The standard InChI is InChI=1S/C28H30N6O2S/c1-19(20-14-16-29-17-15-20)30-31-25(35)18-37-27-33-32-26(21-6-8-22(9-7-21)28(2,3)4)34(27)23-10-12-24(36-5)13-11-23/h6-17H,18H2,1-5H3,(H,31,35)/b30-19-. The number of aromatic nitrogens is 4. The predicted molar refractivity (Wildman–Crippen MR) is 147 cm³/mol. The summed E-state index contributed by atoms with van der Waals surface area (Å²) in [7, 11) is 1.63. The van der Waals surface area contributed by atoms with E-state index in [0.29, 0.717) is 16.7 Å². The lowest BCUT2D eigenvalue weighted by atomic mass is 9.87. The molecule has 8 nitrogen and oxygen atoms in total. The second kappa shape index (κ2) is 11.4. The van der Waals surface area contributed by atoms with Gasteiger partial charge in [-0.2, -0.15) is 5.10 Å². The average molecular weight is 515 g/mol. The van der Waals surface area contributed by atoms with Gasteiger partial charge in [0.05, 0.1) is 18.6 Å². The van der Waals surface area contributed by atoms with Crippen molar-refractivity contribution in [1.29, 1.82) is 0 Å². The molecule has 0 saturated heterocycles. The number of methoxy groups -OCH3 is 1. The van der Waals surface area contributed by atoms with Crippen LogP contribution in [0.3, 0.4) is 0 Å². The fraction of sp³-hybridized carbons (Fsp3) is 0.250. The summed E-state index contributed by atoms with van der Waals surface area (Å²) in [5.74, 6) is 1.34. The minimum absolute atomic E-state index is 0.0504. The number of rotatable bonds is 8. The van der Waals surface area contributed by atoms with Crippen molar-refractivity contribution in [3.05, 3.63) is 84.2 Å². The van der Waals surface area contributed by atoms with Crippen molar-refractivity contribution in [2.75, 3.05) is 12.9 Å². The van der Waals surface area contributed by atoms with Gasteiger partial charge in [-0.3, -0.25) is 14.3 Å². The highest BCUT2D eigenvalue weighted by Crippen LogP contribution is 2.30. The fourth-order valence-corrected chi connectivity index (χ4v) is 4.34. The topological polar surface area (TPSA) is 94.3 Å². The Balaban J connectivity index is 1.57. The molecule has 190 valence electrons. The number of hydrogen-bond acceptors (Lipinski definition) is 7. The van der Waals surface area contributed by atoms with E-state index in [4.69, 9.17) is 4.74 Å². The number of nitrogens with one attached hydrogen (secondary N) is 1. The van der Waals surface area contributed by atoms with Crippen molar-refractivity contribution in [3.63, 3.8) is 0 Å². The van der Waals surface area contributed by atoms with Gasteiger partial charge in [-0.05, 0) is 54.3 Å². The number of amides is 1. The van der Waals surface area contributed by atoms with E-state index >= 15 is 0 Å². The lowest BCUT2D eigenvalue weighted by molar-refractivity contribution is -0.118. The van der Waals surface area contributed by atoms with Crippen molar-refractivity contribution in [3.8, 4) is 22.8 Å². The number of carbonyl (C=O) groups is 1. The number of carbonyl (C=O) groups excluding carboxylic acids is 1. The molecular weight excluding hydrogens is 484 g/mol. The molecule has 2 aromatic carbocycles. The zero-order chi connectivity index (χ0) is 26.4. The van der Waals surface area contributed by atoms with Crippen molar-refractivity contribution < 1.29 is 9.53 Å². The summed E-state index contributed by atoms with van der Waals surface area (Å²) in [5.41, 5.74) is 7.30. The average Bonchev–Trinajstić information content (AvgIpc) is 3.34. The van der Waals surface area contributed by atoms with Crippen molar-refractivity contribution in [2.45, 2.75) is 38.3 Å². The molecule has 4 aromatic rings. The minimum Gasteiger partial charge on any atom is -0.497 e. The maximum absolute atomic E-state index is 12.6. The van der Waals surface area contributed by atoms with Gasteiger partial charge in [0.15, 0.2) is 11.0 Å². The van der Waals surface area contributed by atoms with Gasteiger partial charge in [-0.1, -0.05) is 56.8 Å². The SMILES string of the molecule is COc1ccc(-n2c(SCC(=O)N/N=C(/C)c3ccncc3)nnc2-c2ccc(C(C)(C)C)cc2)cc1. The highest BCUT2D eigenvalue weighted by Gasteiger charge is 2.19. The first-order chi connectivity index (χ1) is 17.8. The number of ether oxygens (including phenoxy) is 1. The molecule has 0 unspecified atom stereocenters. The second-order valence-corrected chi connectivity index (χ2v) is 10.4. The van der Waals surface area contributed by atoms with Crippen LogP contribution in [0.15, 0.2) is 83.3 Å². The summed E-state index contributed by atoms with van der Waals surface area (Å²) in [6, 6.07) is 19.7. The van der Waals surface area contributed by atoms with E-state index in [1.807, 2.05) is 47.9 Å². The van der Waals surface area contributed by atoms with Crippen molar-refractivity contribution >= 4 is 23.4 Å². The molecule has 9 heteroatoms. The number of hydrazone groups is 1. The molecule has 0 fully saturated rings. The summed E-state index contributed by atoms with van der Waals surface area (Å²) in [5, 5.41) is 13.7. The second-order valence-electron chi connectivity index (χ2n) is 9.42. The maximum atomic E-state index is 12.6. The zero-order valence-corrected chi connectivity index (χ0v) is 22.4. The number of nitrogens with zero attached hydrogens (tertiary/aromatic N) is 5. The van der Waals surface area contributed by atoms with Crippen LogP contribution in [0, 0.1) is 0 Å². The maximum Gasteiger partial charge on any atom is 0.250 e. The van der Waals surface area contributed by atoms with E-state index in [2.05, 4.69) is 70.7 Å². The van der Waals surface area contributed by atoms with E-state index in [0.717, 1.165) is 22.6 Å². The van der Waals surface area contributed by atoms with Gasteiger partial charge >= 0.3 is 0 Å². The van der Waals surface area contributed by atoms with Crippen LogP contribution in [-0.4, -0.2) is 44.2 Å². The summed E-state index contributed by atoms with van der Waals surface area (Å²) >= 11 is 1.30. The molecule has 4 rings (SSSR count). The van der Waals surface area contributed by atoms with Crippen LogP contribution in [0.25, 0.3) is 17.1 Å². The van der Waals surface area contributed by atoms with E-state index < -0.39 is 0 Å². The minimum atomic E-state index is -0.237. The highest BCUT2D eigenvalue weighted by molar-refractivity contribution is 7.99. The van der Waals surface area contributed by atoms with Gasteiger partial charge in [-0.15, -0.1) is 10.2 Å². The summed E-state index contributed by atoms with van der Waals surface area (Å²) in [4.78, 5) is 16.6. The molecule has 1 N–H and O–H groups in total. The van der Waals surface area contributed by atoms with Gasteiger partial charge in [-0.25, -0.2) is 5.43 Å². The lowest BCUT2D eigenvalue weighted by Crippen LogP contribution is -2.21. The van der Waals surface area contributed by atoms with Crippen LogP contribution in [0.5, 0.6) is 5.75 Å². The first-order valence-corrected chi connectivity index (χ1v) is 12.8. The first kappa shape index (κ1) is 26.1. The lowest BCUT2D eigenvalue weighted by Gasteiger charge is -2.19. The Morgan fingerprint density at radius 1 is 1.00 bits per heavy atom. The molecule has 2 aromatic heterocycles. The molecule has 0 radical (unpaired) electrons. The van der Waals surface area contributed by atoms with Crippen LogP contribution in [0.2, 0.25) is 0 Å². The third kappa shape index (κ3) is 6.42. The fourth-order valence-electron chi connectivity index (χ4n) is 3.60. The molecule has 0 saturated carbocycles. The van der Waals surface area contributed by atoms with Crippen LogP contribution in [0.4, 0.5) is 0 Å². The quantitative estimate of drug-likeness (QED) is 0.196. The Morgan fingerprint density at radius 3 is 2.30 bits per heavy atom. The molecule has 1 amide bonds. The van der Waals surface area contributed by atoms with Crippen LogP contribution in [-0.2, 0) is 10.2 Å². The Morgan fingerprint density at radius 2 is 1.68 bits per heavy atom. The monoisotopic (exact) mass is 514 g/mol. The van der Waals surface area contributed by atoms with Crippen LogP contribution >= 0.6 is 11.8 Å². The third-order valence-electron chi connectivity index (χ3n) is 5.75. The van der Waals surface area contributed by atoms with Crippen LogP contribution < -0.4 is 10.2 Å². The van der Waals surface area contributed by atoms with Gasteiger partial charge in [0.25, 0.3) is 5.91 Å². The molecule has 0 bridgehead atoms. The molecule has 0 aliphatic heterocycles. The van der Waals surface area contributed by atoms with Crippen LogP contribution in [0.1, 0.15) is 38.8 Å². The van der Waals surface area contributed by atoms with Crippen molar-refractivity contribution in [2.24, 2.45) is 5.10 Å².